The Kier molecular flexibility index (Phi) is 9.37. The van der Waals surface area contributed by atoms with Gasteiger partial charge in [-0.3, -0.25) is 9.59 Å². The predicted octanol–water partition coefficient (Wildman–Crippen LogP) is 3.42. The van der Waals surface area contributed by atoms with E-state index in [4.69, 9.17) is 5.73 Å². The molecule has 6 heteroatoms. The van der Waals surface area contributed by atoms with Crippen LogP contribution in [0, 0.1) is 0 Å². The second-order valence-electron chi connectivity index (χ2n) is 6.15. The van der Waals surface area contributed by atoms with Crippen LogP contribution < -0.4 is 11.1 Å². The molecule has 27 heavy (non-hydrogen) atoms. The first kappa shape index (κ1) is 22.5. The number of halogens is 1. The van der Waals surface area contributed by atoms with Crippen LogP contribution in [0.1, 0.15) is 41.8 Å². The van der Waals surface area contributed by atoms with Gasteiger partial charge in [0.2, 0.25) is 5.91 Å². The minimum absolute atomic E-state index is 0. The molecule has 0 aliphatic rings. The maximum Gasteiger partial charge on any atom is 0.253 e. The molecule has 3 N–H and O–H groups in total. The molecule has 0 saturated heterocycles. The molecule has 0 atom stereocenters. The summed E-state index contributed by atoms with van der Waals surface area (Å²) >= 11 is 0. The molecule has 2 amide bonds. The van der Waals surface area contributed by atoms with Crippen LogP contribution in [0.15, 0.2) is 48.5 Å². The van der Waals surface area contributed by atoms with E-state index < -0.39 is 0 Å². The largest absolute Gasteiger partial charge is 0.399 e. The molecule has 2 aromatic rings. The number of hydrogen-bond acceptors (Lipinski definition) is 3. The van der Waals surface area contributed by atoms with Crippen molar-refractivity contribution < 1.29 is 9.59 Å². The molecule has 0 spiro atoms. The Labute approximate surface area is 167 Å². The number of carbonyl (C=O) groups is 2. The summed E-state index contributed by atoms with van der Waals surface area (Å²) in [6, 6.07) is 15.0. The molecular weight excluding hydrogens is 362 g/mol. The fourth-order valence-corrected chi connectivity index (χ4v) is 2.76. The van der Waals surface area contributed by atoms with Gasteiger partial charge in [-0.2, -0.15) is 0 Å². The van der Waals surface area contributed by atoms with Gasteiger partial charge >= 0.3 is 0 Å². The normalized spacial score (nSPS) is 10.0. The van der Waals surface area contributed by atoms with E-state index >= 15 is 0 Å². The van der Waals surface area contributed by atoms with E-state index in [1.807, 2.05) is 62.4 Å². The maximum absolute atomic E-state index is 12.3. The molecule has 0 aliphatic heterocycles. The number of aryl methyl sites for hydroxylation is 1. The number of nitrogen functional groups attached to an aromatic ring is 1. The van der Waals surface area contributed by atoms with E-state index in [-0.39, 0.29) is 24.2 Å². The smallest absolute Gasteiger partial charge is 0.253 e. The average molecular weight is 390 g/mol. The monoisotopic (exact) mass is 389 g/mol. The van der Waals surface area contributed by atoms with Gasteiger partial charge < -0.3 is 16.0 Å². The number of nitrogens with zero attached hydrogens (tertiary/aromatic N) is 1. The van der Waals surface area contributed by atoms with Crippen molar-refractivity contribution in [1.82, 2.24) is 10.2 Å². The van der Waals surface area contributed by atoms with Crippen molar-refractivity contribution in [1.29, 1.82) is 0 Å². The maximum atomic E-state index is 12.3. The summed E-state index contributed by atoms with van der Waals surface area (Å²) in [7, 11) is 0. The third-order valence-corrected chi connectivity index (χ3v) is 4.42. The first-order valence-corrected chi connectivity index (χ1v) is 9.03. The lowest BCUT2D eigenvalue weighted by Gasteiger charge is -2.18. The van der Waals surface area contributed by atoms with Crippen LogP contribution in [0.25, 0.3) is 0 Å². The number of carbonyl (C=O) groups excluding carboxylic acids is 2. The van der Waals surface area contributed by atoms with Crippen molar-refractivity contribution >= 4 is 29.9 Å². The Bertz CT molecular complexity index is 743. The summed E-state index contributed by atoms with van der Waals surface area (Å²) in [5.74, 6) is 0.0163. The molecule has 0 radical (unpaired) electrons. The highest BCUT2D eigenvalue weighted by Crippen LogP contribution is 2.13. The summed E-state index contributed by atoms with van der Waals surface area (Å²) in [5, 5.41) is 2.91. The molecule has 146 valence electrons. The van der Waals surface area contributed by atoms with Crippen LogP contribution in [0.4, 0.5) is 5.69 Å². The van der Waals surface area contributed by atoms with Crippen LogP contribution in [-0.2, 0) is 17.8 Å². The van der Waals surface area contributed by atoms with Gasteiger partial charge in [0.1, 0.15) is 0 Å². The standard InChI is InChI=1S/C21H27N3O2.ClH/c1-3-24(4-2)21(26)18-11-9-16(10-12-18)15-23-20(25)14-13-17-7-5-6-8-19(17)22;/h5-12H,3-4,13-15,22H2,1-2H3,(H,23,25);1H. The van der Waals surface area contributed by atoms with Gasteiger partial charge in [0, 0.05) is 37.3 Å². The number of nitrogens with two attached hydrogens (primary N) is 1. The minimum Gasteiger partial charge on any atom is -0.399 e. The second-order valence-corrected chi connectivity index (χ2v) is 6.15. The molecule has 2 rings (SSSR count). The molecule has 0 heterocycles. The molecule has 0 fully saturated rings. The molecule has 0 saturated carbocycles. The Balaban J connectivity index is 0.00000364. The molecule has 0 unspecified atom stereocenters. The van der Waals surface area contributed by atoms with Crippen LogP contribution >= 0.6 is 12.4 Å². The summed E-state index contributed by atoms with van der Waals surface area (Å²) in [6.45, 7) is 5.77. The number of amides is 2. The van der Waals surface area contributed by atoms with E-state index in [2.05, 4.69) is 5.32 Å². The lowest BCUT2D eigenvalue weighted by atomic mass is 10.1. The van der Waals surface area contributed by atoms with Crippen molar-refractivity contribution in [2.45, 2.75) is 33.2 Å². The van der Waals surface area contributed by atoms with Crippen LogP contribution in [0.5, 0.6) is 0 Å². The summed E-state index contributed by atoms with van der Waals surface area (Å²) < 4.78 is 0. The minimum atomic E-state index is -0.0171. The number of rotatable bonds is 8. The van der Waals surface area contributed by atoms with E-state index in [0.717, 1.165) is 11.1 Å². The van der Waals surface area contributed by atoms with Crippen molar-refractivity contribution in [2.24, 2.45) is 0 Å². The number of hydrogen-bond donors (Lipinski definition) is 2. The Morgan fingerprint density at radius 3 is 2.22 bits per heavy atom. The fourth-order valence-electron chi connectivity index (χ4n) is 2.76. The van der Waals surface area contributed by atoms with Gasteiger partial charge in [0.15, 0.2) is 0 Å². The Morgan fingerprint density at radius 1 is 1.00 bits per heavy atom. The van der Waals surface area contributed by atoms with Crippen LogP contribution in [-0.4, -0.2) is 29.8 Å². The number of benzene rings is 2. The first-order valence-electron chi connectivity index (χ1n) is 9.03. The van der Waals surface area contributed by atoms with Gasteiger partial charge in [0.05, 0.1) is 0 Å². The third-order valence-electron chi connectivity index (χ3n) is 4.42. The SMILES string of the molecule is CCN(CC)C(=O)c1ccc(CNC(=O)CCc2ccccc2N)cc1.Cl. The molecule has 2 aromatic carbocycles. The first-order chi connectivity index (χ1) is 12.5. The summed E-state index contributed by atoms with van der Waals surface area (Å²) in [6.07, 6.45) is 1.02. The van der Waals surface area contributed by atoms with Gasteiger partial charge in [-0.25, -0.2) is 0 Å². The van der Waals surface area contributed by atoms with E-state index in [9.17, 15) is 9.59 Å². The predicted molar refractivity (Wildman–Crippen MR) is 112 cm³/mol. The molecule has 5 nitrogen and oxygen atoms in total. The second kappa shape index (κ2) is 11.2. The zero-order chi connectivity index (χ0) is 18.9. The quantitative estimate of drug-likeness (QED) is 0.679. The molecule has 0 bridgehead atoms. The van der Waals surface area contributed by atoms with Gasteiger partial charge in [-0.1, -0.05) is 30.3 Å². The lowest BCUT2D eigenvalue weighted by molar-refractivity contribution is -0.121. The van der Waals surface area contributed by atoms with Crippen LogP contribution in [0.3, 0.4) is 0 Å². The zero-order valence-electron chi connectivity index (χ0n) is 15.9. The fraction of sp³-hybridized carbons (Fsp3) is 0.333. The van der Waals surface area contributed by atoms with Crippen molar-refractivity contribution in [2.75, 3.05) is 18.8 Å². The summed E-state index contributed by atoms with van der Waals surface area (Å²) in [4.78, 5) is 26.1. The van der Waals surface area contributed by atoms with Crippen molar-refractivity contribution in [3.63, 3.8) is 0 Å². The zero-order valence-corrected chi connectivity index (χ0v) is 16.7. The number of anilines is 1. The lowest BCUT2D eigenvalue weighted by Crippen LogP contribution is -2.30. The van der Waals surface area contributed by atoms with Crippen LogP contribution in [0.2, 0.25) is 0 Å². The van der Waals surface area contributed by atoms with E-state index in [1.54, 1.807) is 4.90 Å². The highest BCUT2D eigenvalue weighted by molar-refractivity contribution is 5.94. The highest BCUT2D eigenvalue weighted by atomic mass is 35.5. The molecular formula is C21H28ClN3O2. The van der Waals surface area contributed by atoms with Gasteiger partial charge in [0.25, 0.3) is 5.91 Å². The van der Waals surface area contributed by atoms with E-state index in [1.165, 1.54) is 0 Å². The van der Waals surface area contributed by atoms with E-state index in [0.29, 0.717) is 43.7 Å². The van der Waals surface area contributed by atoms with Gasteiger partial charge in [-0.15, -0.1) is 12.4 Å². The Hall–Kier alpha value is -2.53. The van der Waals surface area contributed by atoms with Gasteiger partial charge in [-0.05, 0) is 49.6 Å². The molecule has 0 aliphatic carbocycles. The number of nitrogens with one attached hydrogen (secondary N) is 1. The highest BCUT2D eigenvalue weighted by Gasteiger charge is 2.12. The molecule has 0 aromatic heterocycles. The summed E-state index contributed by atoms with van der Waals surface area (Å²) in [5.41, 5.74) is 9.23. The average Bonchev–Trinajstić information content (AvgIpc) is 2.67. The number of para-hydroxylation sites is 1. The van der Waals surface area contributed by atoms with Crippen molar-refractivity contribution in [3.8, 4) is 0 Å². The van der Waals surface area contributed by atoms with Crippen molar-refractivity contribution in [3.05, 3.63) is 65.2 Å². The Morgan fingerprint density at radius 2 is 1.63 bits per heavy atom. The topological polar surface area (TPSA) is 75.4 Å². The third kappa shape index (κ3) is 6.61.